The van der Waals surface area contributed by atoms with Gasteiger partial charge in [-0.25, -0.2) is 0 Å². The summed E-state index contributed by atoms with van der Waals surface area (Å²) >= 11 is 0. The molecule has 0 fully saturated rings. The number of nitrogens with two attached hydrogens (primary N) is 1. The van der Waals surface area contributed by atoms with Crippen molar-refractivity contribution in [3.05, 3.63) is 17.7 Å². The van der Waals surface area contributed by atoms with E-state index >= 15 is 0 Å². The first-order valence-electron chi connectivity index (χ1n) is 4.86. The predicted molar refractivity (Wildman–Crippen MR) is 60.1 cm³/mol. The van der Waals surface area contributed by atoms with Gasteiger partial charge in [-0.2, -0.15) is 0 Å². The molecule has 1 atom stereocenters. The van der Waals surface area contributed by atoms with Gasteiger partial charge in [0.1, 0.15) is 5.75 Å². The van der Waals surface area contributed by atoms with Gasteiger partial charge in [0.05, 0.1) is 33.0 Å². The van der Waals surface area contributed by atoms with Crippen LogP contribution in [0.1, 0.15) is 11.7 Å². The molecule has 16 heavy (non-hydrogen) atoms. The van der Waals surface area contributed by atoms with Crippen molar-refractivity contribution in [2.45, 2.75) is 6.10 Å². The Bertz CT molecular complexity index is 354. The molecule has 5 nitrogen and oxygen atoms in total. The Morgan fingerprint density at radius 2 is 1.69 bits per heavy atom. The van der Waals surface area contributed by atoms with Gasteiger partial charge in [0.25, 0.3) is 0 Å². The van der Waals surface area contributed by atoms with Crippen LogP contribution in [0.5, 0.6) is 17.2 Å². The lowest BCUT2D eigenvalue weighted by molar-refractivity contribution is 0.176. The minimum atomic E-state index is -0.847. The van der Waals surface area contributed by atoms with E-state index in [-0.39, 0.29) is 6.54 Å². The Labute approximate surface area is 94.7 Å². The maximum absolute atomic E-state index is 9.83. The lowest BCUT2D eigenvalue weighted by atomic mass is 10.1. The van der Waals surface area contributed by atoms with Crippen molar-refractivity contribution in [2.24, 2.45) is 5.73 Å². The van der Waals surface area contributed by atoms with Gasteiger partial charge >= 0.3 is 0 Å². The number of ether oxygens (including phenoxy) is 3. The Balaban J connectivity index is 3.36. The lowest BCUT2D eigenvalue weighted by Crippen LogP contribution is -2.14. The molecule has 0 aliphatic carbocycles. The SMILES string of the molecule is COc1ccc(OC)c(C(O)CN)c1OC. The molecule has 90 valence electrons. The second-order valence-electron chi connectivity index (χ2n) is 3.17. The normalized spacial score (nSPS) is 12.1. The average Bonchev–Trinajstić information content (AvgIpc) is 2.35. The van der Waals surface area contributed by atoms with E-state index in [1.54, 1.807) is 12.1 Å². The van der Waals surface area contributed by atoms with E-state index in [4.69, 9.17) is 19.9 Å². The summed E-state index contributed by atoms with van der Waals surface area (Å²) in [5.74, 6) is 1.50. The molecule has 1 rings (SSSR count). The van der Waals surface area contributed by atoms with Crippen LogP contribution in [0, 0.1) is 0 Å². The zero-order valence-electron chi connectivity index (χ0n) is 9.69. The lowest BCUT2D eigenvalue weighted by Gasteiger charge is -2.18. The summed E-state index contributed by atoms with van der Waals surface area (Å²) < 4.78 is 15.5. The van der Waals surface area contributed by atoms with E-state index in [0.29, 0.717) is 22.8 Å². The summed E-state index contributed by atoms with van der Waals surface area (Å²) in [5, 5.41) is 9.83. The summed E-state index contributed by atoms with van der Waals surface area (Å²) in [5.41, 5.74) is 5.95. The van der Waals surface area contributed by atoms with Crippen molar-refractivity contribution < 1.29 is 19.3 Å². The summed E-state index contributed by atoms with van der Waals surface area (Å²) in [7, 11) is 4.56. The summed E-state index contributed by atoms with van der Waals surface area (Å²) in [4.78, 5) is 0. The van der Waals surface area contributed by atoms with Crippen molar-refractivity contribution >= 4 is 0 Å². The van der Waals surface area contributed by atoms with E-state index in [2.05, 4.69) is 0 Å². The van der Waals surface area contributed by atoms with E-state index < -0.39 is 6.10 Å². The molecule has 0 saturated carbocycles. The van der Waals surface area contributed by atoms with Crippen molar-refractivity contribution in [1.29, 1.82) is 0 Å². The molecule has 1 unspecified atom stereocenters. The standard InChI is InChI=1S/C11H17NO4/c1-14-8-4-5-9(15-2)11(16-3)10(8)7(13)6-12/h4-5,7,13H,6,12H2,1-3H3. The van der Waals surface area contributed by atoms with Crippen LogP contribution >= 0.6 is 0 Å². The molecule has 0 aliphatic rings. The fourth-order valence-electron chi connectivity index (χ4n) is 1.54. The Hall–Kier alpha value is -1.46. The number of aliphatic hydroxyl groups is 1. The molecule has 3 N–H and O–H groups in total. The van der Waals surface area contributed by atoms with Gasteiger partial charge in [-0.1, -0.05) is 0 Å². The predicted octanol–water partition coefficient (Wildman–Crippen LogP) is 0.705. The van der Waals surface area contributed by atoms with Crippen molar-refractivity contribution in [1.82, 2.24) is 0 Å². The fourth-order valence-corrected chi connectivity index (χ4v) is 1.54. The largest absolute Gasteiger partial charge is 0.496 e. The number of benzene rings is 1. The fraction of sp³-hybridized carbons (Fsp3) is 0.455. The van der Waals surface area contributed by atoms with Crippen LogP contribution in [0.15, 0.2) is 12.1 Å². The molecule has 1 aromatic carbocycles. The first kappa shape index (κ1) is 12.6. The smallest absolute Gasteiger partial charge is 0.170 e. The van der Waals surface area contributed by atoms with Crippen LogP contribution in [-0.4, -0.2) is 33.0 Å². The highest BCUT2D eigenvalue weighted by molar-refractivity contribution is 5.55. The molecule has 0 heterocycles. The van der Waals surface area contributed by atoms with Crippen molar-refractivity contribution in [3.8, 4) is 17.2 Å². The van der Waals surface area contributed by atoms with E-state index in [1.807, 2.05) is 0 Å². The summed E-state index contributed by atoms with van der Waals surface area (Å²) in [6.45, 7) is 0.0832. The molecule has 1 aromatic rings. The van der Waals surface area contributed by atoms with E-state index in [1.165, 1.54) is 21.3 Å². The van der Waals surface area contributed by atoms with Gasteiger partial charge in [-0.15, -0.1) is 0 Å². The average molecular weight is 227 g/mol. The zero-order valence-corrected chi connectivity index (χ0v) is 9.69. The molecule has 0 amide bonds. The van der Waals surface area contributed by atoms with Gasteiger partial charge in [-0.05, 0) is 12.1 Å². The number of hydrogen-bond acceptors (Lipinski definition) is 5. The quantitative estimate of drug-likeness (QED) is 0.774. The third-order valence-corrected chi connectivity index (χ3v) is 2.32. The number of hydrogen-bond donors (Lipinski definition) is 2. The number of rotatable bonds is 5. The molecule has 0 bridgehead atoms. The van der Waals surface area contributed by atoms with Gasteiger partial charge in [0, 0.05) is 6.54 Å². The number of methoxy groups -OCH3 is 3. The number of aliphatic hydroxyl groups excluding tert-OH is 1. The van der Waals surface area contributed by atoms with Crippen LogP contribution in [0.25, 0.3) is 0 Å². The highest BCUT2D eigenvalue weighted by Gasteiger charge is 2.21. The Kier molecular flexibility index (Phi) is 4.39. The van der Waals surface area contributed by atoms with Gasteiger partial charge < -0.3 is 25.1 Å². The second kappa shape index (κ2) is 5.58. The van der Waals surface area contributed by atoms with E-state index in [9.17, 15) is 5.11 Å². The topological polar surface area (TPSA) is 73.9 Å². The molecular formula is C11H17NO4. The molecular weight excluding hydrogens is 210 g/mol. The van der Waals surface area contributed by atoms with Crippen molar-refractivity contribution in [3.63, 3.8) is 0 Å². The molecule has 0 spiro atoms. The molecule has 0 aromatic heterocycles. The first-order valence-corrected chi connectivity index (χ1v) is 4.86. The Morgan fingerprint density at radius 3 is 2.12 bits per heavy atom. The van der Waals surface area contributed by atoms with Gasteiger partial charge in [0.15, 0.2) is 11.5 Å². The van der Waals surface area contributed by atoms with Crippen LogP contribution in [0.4, 0.5) is 0 Å². The third kappa shape index (κ3) is 2.20. The minimum Gasteiger partial charge on any atom is -0.496 e. The first-order chi connectivity index (χ1) is 7.69. The molecule has 0 aliphatic heterocycles. The molecule has 0 saturated heterocycles. The third-order valence-electron chi connectivity index (χ3n) is 2.32. The second-order valence-corrected chi connectivity index (χ2v) is 3.17. The maximum atomic E-state index is 9.83. The molecule has 0 radical (unpaired) electrons. The van der Waals surface area contributed by atoms with Crippen LogP contribution in [-0.2, 0) is 0 Å². The Morgan fingerprint density at radius 1 is 1.12 bits per heavy atom. The zero-order chi connectivity index (χ0) is 12.1. The van der Waals surface area contributed by atoms with Crippen LogP contribution in [0.2, 0.25) is 0 Å². The summed E-state index contributed by atoms with van der Waals surface area (Å²) in [6.07, 6.45) is -0.847. The van der Waals surface area contributed by atoms with Crippen LogP contribution in [0.3, 0.4) is 0 Å². The highest BCUT2D eigenvalue weighted by atomic mass is 16.5. The monoisotopic (exact) mass is 227 g/mol. The minimum absolute atomic E-state index is 0.0832. The van der Waals surface area contributed by atoms with Gasteiger partial charge in [-0.3, -0.25) is 0 Å². The highest BCUT2D eigenvalue weighted by Crippen LogP contribution is 2.40. The van der Waals surface area contributed by atoms with Gasteiger partial charge in [0.2, 0.25) is 0 Å². The summed E-state index contributed by atoms with van der Waals surface area (Å²) in [6, 6.07) is 3.42. The molecule has 5 heteroatoms. The van der Waals surface area contributed by atoms with E-state index in [0.717, 1.165) is 0 Å². The maximum Gasteiger partial charge on any atom is 0.170 e. The van der Waals surface area contributed by atoms with Crippen molar-refractivity contribution in [2.75, 3.05) is 27.9 Å². The van der Waals surface area contributed by atoms with Crippen LogP contribution < -0.4 is 19.9 Å².